The summed E-state index contributed by atoms with van der Waals surface area (Å²) in [6.07, 6.45) is 2.01. The minimum atomic E-state index is 0. The SMILES string of the molecule is CC(C)c1ccccc1N=Cc1cccc(C(C)(C)C)[c]1[Ti].Cl.Cl. The van der Waals surface area contributed by atoms with Crippen molar-refractivity contribution in [2.45, 2.75) is 46.0 Å². The summed E-state index contributed by atoms with van der Waals surface area (Å²) in [5.74, 6) is 0.482. The van der Waals surface area contributed by atoms with Crippen LogP contribution in [0.4, 0.5) is 5.69 Å². The van der Waals surface area contributed by atoms with Crippen molar-refractivity contribution in [3.63, 3.8) is 0 Å². The standard InChI is InChI=1S/C20H24N.2ClH.Ti/c1-15(2)18-11-6-7-12-19(18)21-14-16-9-8-10-17(13-16)20(3,4)5;;;/h6-12,14-15H,1-5H3;2*1H;. The van der Waals surface area contributed by atoms with Gasteiger partial charge in [0.1, 0.15) is 0 Å². The Hall–Kier alpha value is -0.596. The van der Waals surface area contributed by atoms with Crippen LogP contribution in [0.5, 0.6) is 0 Å². The van der Waals surface area contributed by atoms with Gasteiger partial charge in [-0.3, -0.25) is 0 Å². The van der Waals surface area contributed by atoms with Gasteiger partial charge in [0, 0.05) is 0 Å². The van der Waals surface area contributed by atoms with Crippen LogP contribution in [0.1, 0.15) is 57.2 Å². The zero-order valence-electron chi connectivity index (χ0n) is 15.0. The third-order valence-corrected chi connectivity index (χ3v) is 4.68. The zero-order valence-corrected chi connectivity index (χ0v) is 18.2. The zero-order chi connectivity index (χ0) is 16.3. The van der Waals surface area contributed by atoms with Crippen molar-refractivity contribution in [1.82, 2.24) is 0 Å². The van der Waals surface area contributed by atoms with Gasteiger partial charge in [-0.25, -0.2) is 0 Å². The van der Waals surface area contributed by atoms with Crippen molar-refractivity contribution in [3.05, 3.63) is 59.2 Å². The molecule has 0 radical (unpaired) electrons. The predicted octanol–water partition coefficient (Wildman–Crippen LogP) is 5.87. The molecule has 0 aromatic heterocycles. The number of rotatable bonds is 3. The van der Waals surface area contributed by atoms with E-state index in [0.29, 0.717) is 5.92 Å². The molecule has 4 heteroatoms. The fourth-order valence-electron chi connectivity index (χ4n) is 2.54. The summed E-state index contributed by atoms with van der Waals surface area (Å²) in [4.78, 5) is 4.76. The van der Waals surface area contributed by atoms with Crippen molar-refractivity contribution in [3.8, 4) is 0 Å². The molecule has 0 fully saturated rings. The molecule has 1 nitrogen and oxygen atoms in total. The molecule has 0 bridgehead atoms. The molecule has 0 N–H and O–H groups in total. The molecular formula is C20H26Cl2NTi. The molecule has 24 heavy (non-hydrogen) atoms. The quantitative estimate of drug-likeness (QED) is 0.452. The third-order valence-electron chi connectivity index (χ3n) is 3.81. The number of nitrogens with zero attached hydrogens (tertiary/aromatic N) is 1. The van der Waals surface area contributed by atoms with Gasteiger partial charge in [-0.05, 0) is 0 Å². The first-order valence-electron chi connectivity index (χ1n) is 7.79. The Kier molecular flexibility index (Phi) is 9.53. The molecule has 0 amide bonds. The Bertz CT molecular complexity index is 688. The predicted molar refractivity (Wildman–Crippen MR) is 107 cm³/mol. The average Bonchev–Trinajstić information content (AvgIpc) is 2.45. The fourth-order valence-corrected chi connectivity index (χ4v) is 3.48. The van der Waals surface area contributed by atoms with E-state index in [1.54, 1.807) is 0 Å². The monoisotopic (exact) mass is 398 g/mol. The maximum Gasteiger partial charge on any atom is -0.147 e. The molecule has 0 atom stereocenters. The summed E-state index contributed by atoms with van der Waals surface area (Å²) < 4.78 is 1.32. The molecule has 0 saturated heterocycles. The number of aliphatic imine (C=N–C) groups is 1. The molecular weight excluding hydrogens is 373 g/mol. The summed E-state index contributed by atoms with van der Waals surface area (Å²) in [6, 6.07) is 14.9. The van der Waals surface area contributed by atoms with Gasteiger partial charge in [-0.15, -0.1) is 24.8 Å². The second-order valence-corrected chi connectivity index (χ2v) is 7.77. The second-order valence-electron chi connectivity index (χ2n) is 6.99. The van der Waals surface area contributed by atoms with Crippen LogP contribution in [0.15, 0.2) is 47.5 Å². The molecule has 0 aliphatic rings. The van der Waals surface area contributed by atoms with Crippen LogP contribution in [-0.4, -0.2) is 6.21 Å². The average molecular weight is 399 g/mol. The van der Waals surface area contributed by atoms with E-state index < -0.39 is 0 Å². The van der Waals surface area contributed by atoms with E-state index >= 15 is 0 Å². The van der Waals surface area contributed by atoms with Crippen LogP contribution in [0.3, 0.4) is 0 Å². The van der Waals surface area contributed by atoms with Crippen LogP contribution in [0.2, 0.25) is 0 Å². The van der Waals surface area contributed by atoms with E-state index in [9.17, 15) is 0 Å². The summed E-state index contributed by atoms with van der Waals surface area (Å²) in [6.45, 7) is 11.2. The number of benzene rings is 2. The summed E-state index contributed by atoms with van der Waals surface area (Å²) in [7, 11) is 0. The maximum atomic E-state index is 4.76. The Morgan fingerprint density at radius 2 is 1.58 bits per heavy atom. The largest absolute Gasteiger partial charge is 0.147 e. The van der Waals surface area contributed by atoms with Crippen molar-refractivity contribution in [1.29, 1.82) is 0 Å². The first-order valence-corrected chi connectivity index (χ1v) is 8.57. The Balaban J connectivity index is 0.00000264. The number of para-hydroxylation sites is 1. The Labute approximate surface area is 170 Å². The number of halogens is 2. The van der Waals surface area contributed by atoms with Gasteiger partial charge in [0.05, 0.1) is 0 Å². The maximum absolute atomic E-state index is 4.76. The van der Waals surface area contributed by atoms with E-state index in [0.717, 1.165) is 5.69 Å². The van der Waals surface area contributed by atoms with Gasteiger partial charge < -0.3 is 0 Å². The van der Waals surface area contributed by atoms with Crippen LogP contribution in [0.25, 0.3) is 0 Å². The van der Waals surface area contributed by atoms with Crippen molar-refractivity contribution in [2.24, 2.45) is 4.99 Å². The molecule has 2 rings (SSSR count). The molecule has 0 saturated carbocycles. The molecule has 0 unspecified atom stereocenters. The molecule has 0 heterocycles. The minimum Gasteiger partial charge on any atom is -0.147 e. The molecule has 0 aliphatic heterocycles. The first-order chi connectivity index (χ1) is 10.3. The third kappa shape index (κ3) is 5.74. The van der Waals surface area contributed by atoms with E-state index in [-0.39, 0.29) is 30.2 Å². The van der Waals surface area contributed by atoms with Gasteiger partial charge in [0.15, 0.2) is 0 Å². The van der Waals surface area contributed by atoms with Crippen molar-refractivity contribution < 1.29 is 20.4 Å². The molecule has 2 aromatic rings. The Morgan fingerprint density at radius 1 is 0.958 bits per heavy atom. The minimum absolute atomic E-state index is 0. The molecule has 129 valence electrons. The van der Waals surface area contributed by atoms with Crippen LogP contribution in [0, 0.1) is 0 Å². The van der Waals surface area contributed by atoms with Crippen LogP contribution in [-0.2, 0) is 25.9 Å². The molecule has 2 aromatic carbocycles. The van der Waals surface area contributed by atoms with E-state index in [1.165, 1.54) is 20.6 Å². The number of hydrogen-bond donors (Lipinski definition) is 0. The van der Waals surface area contributed by atoms with Crippen molar-refractivity contribution >= 4 is 40.6 Å². The normalized spacial score (nSPS) is 11.2. The van der Waals surface area contributed by atoms with Gasteiger partial charge in [0.2, 0.25) is 0 Å². The smallest absolute Gasteiger partial charge is 0.147 e. The van der Waals surface area contributed by atoms with E-state index in [2.05, 4.69) is 97.5 Å². The topological polar surface area (TPSA) is 12.4 Å². The summed E-state index contributed by atoms with van der Waals surface area (Å²) >= 11 is 2.19. The molecule has 0 spiro atoms. The van der Waals surface area contributed by atoms with Gasteiger partial charge in [0.25, 0.3) is 0 Å². The van der Waals surface area contributed by atoms with Crippen molar-refractivity contribution in [2.75, 3.05) is 0 Å². The van der Waals surface area contributed by atoms with Crippen LogP contribution < -0.4 is 3.87 Å². The first kappa shape index (κ1) is 23.4. The molecule has 0 aliphatic carbocycles. The Morgan fingerprint density at radius 3 is 2.17 bits per heavy atom. The fraction of sp³-hybridized carbons (Fsp3) is 0.350. The summed E-state index contributed by atoms with van der Waals surface area (Å²) in [5, 5.41) is 0. The van der Waals surface area contributed by atoms with Crippen LogP contribution >= 0.6 is 24.8 Å². The van der Waals surface area contributed by atoms with E-state index in [4.69, 9.17) is 4.99 Å². The summed E-state index contributed by atoms with van der Waals surface area (Å²) in [5.41, 5.74) is 5.10. The van der Waals surface area contributed by atoms with Gasteiger partial charge in [-0.1, -0.05) is 0 Å². The second kappa shape index (κ2) is 9.78. The van der Waals surface area contributed by atoms with Gasteiger partial charge >= 0.3 is 146 Å². The van der Waals surface area contributed by atoms with E-state index in [1.807, 2.05) is 6.21 Å². The number of hydrogen-bond acceptors (Lipinski definition) is 1. The van der Waals surface area contributed by atoms with Gasteiger partial charge in [-0.2, -0.15) is 0 Å².